The Balaban J connectivity index is 1.37. The summed E-state index contributed by atoms with van der Waals surface area (Å²) in [4.78, 5) is 14.1. The van der Waals surface area contributed by atoms with Crippen LogP contribution >= 0.6 is 0 Å². The number of hydrogen-bond acceptors (Lipinski definition) is 5. The number of carbonyl (C=O) groups is 1. The smallest absolute Gasteiger partial charge is 0.279 e. The van der Waals surface area contributed by atoms with Crippen LogP contribution in [0.2, 0.25) is 0 Å². The number of amides is 1. The van der Waals surface area contributed by atoms with E-state index in [1.807, 2.05) is 33.8 Å². The van der Waals surface area contributed by atoms with E-state index in [0.29, 0.717) is 61.5 Å². The molecule has 0 radical (unpaired) electrons. The molecule has 1 amide bonds. The summed E-state index contributed by atoms with van der Waals surface area (Å²) in [5, 5.41) is 2.91. The lowest BCUT2D eigenvalue weighted by Gasteiger charge is -2.32. The number of aryl methyl sites for hydroxylation is 2. The normalized spacial score (nSPS) is 17.1. The van der Waals surface area contributed by atoms with Crippen LogP contribution in [0.25, 0.3) is 0 Å². The number of hydrogen-bond donors (Lipinski definition) is 2. The minimum Gasteiger partial charge on any atom is -0.486 e. The van der Waals surface area contributed by atoms with Gasteiger partial charge in [-0.1, -0.05) is 6.07 Å². The summed E-state index contributed by atoms with van der Waals surface area (Å²) >= 11 is 0. The molecule has 0 unspecified atom stereocenters. The van der Waals surface area contributed by atoms with Crippen molar-refractivity contribution in [3.05, 3.63) is 46.5 Å². The molecule has 1 saturated heterocycles. The van der Waals surface area contributed by atoms with Crippen LogP contribution in [0.4, 0.5) is 5.69 Å². The quantitative estimate of drug-likeness (QED) is 0.680. The van der Waals surface area contributed by atoms with Crippen LogP contribution in [0.3, 0.4) is 0 Å². The summed E-state index contributed by atoms with van der Waals surface area (Å²) in [6.45, 7) is 10.9. The molecule has 0 atom stereocenters. The molecule has 2 aliphatic rings. The average Bonchev–Trinajstić information content (AvgIpc) is 2.78. The molecule has 2 aromatic carbocycles. The van der Waals surface area contributed by atoms with Gasteiger partial charge < -0.3 is 19.7 Å². The SMILES string of the molecule is Cc1cc(C)c(C)c(S(=O)(=O)N2CC[NH+](CC(=O)Nc3ccc4c(c3)OCCO4)CC2)c1C. The van der Waals surface area contributed by atoms with E-state index in [1.54, 1.807) is 22.5 Å². The number of piperazine rings is 1. The van der Waals surface area contributed by atoms with Gasteiger partial charge in [0.05, 0.1) is 31.1 Å². The molecule has 178 valence electrons. The third-order valence-electron chi connectivity index (χ3n) is 6.56. The van der Waals surface area contributed by atoms with Gasteiger partial charge in [-0.25, -0.2) is 8.42 Å². The van der Waals surface area contributed by atoms with Crippen molar-refractivity contribution in [1.29, 1.82) is 0 Å². The van der Waals surface area contributed by atoms with Gasteiger partial charge in [0.1, 0.15) is 13.2 Å². The maximum Gasteiger partial charge on any atom is 0.279 e. The lowest BCUT2D eigenvalue weighted by atomic mass is 10.0. The molecule has 0 saturated carbocycles. The summed E-state index contributed by atoms with van der Waals surface area (Å²) in [6, 6.07) is 7.38. The third-order valence-corrected chi connectivity index (χ3v) is 8.73. The molecule has 2 heterocycles. The van der Waals surface area contributed by atoms with E-state index < -0.39 is 10.0 Å². The Morgan fingerprint density at radius 2 is 1.58 bits per heavy atom. The first kappa shape index (κ1) is 23.5. The van der Waals surface area contributed by atoms with Gasteiger partial charge in [-0.15, -0.1) is 0 Å². The van der Waals surface area contributed by atoms with E-state index in [-0.39, 0.29) is 12.5 Å². The van der Waals surface area contributed by atoms with Gasteiger partial charge in [0.15, 0.2) is 18.0 Å². The van der Waals surface area contributed by atoms with E-state index in [9.17, 15) is 13.2 Å². The highest BCUT2D eigenvalue weighted by Gasteiger charge is 2.33. The summed E-state index contributed by atoms with van der Waals surface area (Å²) in [5.41, 5.74) is 4.25. The van der Waals surface area contributed by atoms with Crippen LogP contribution < -0.4 is 19.7 Å². The topological polar surface area (TPSA) is 89.4 Å². The van der Waals surface area contributed by atoms with Crippen molar-refractivity contribution in [2.45, 2.75) is 32.6 Å². The molecule has 0 aliphatic carbocycles. The number of ether oxygens (including phenoxy) is 2. The number of anilines is 1. The van der Waals surface area contributed by atoms with E-state index in [1.165, 1.54) is 0 Å². The van der Waals surface area contributed by atoms with Gasteiger partial charge in [-0.05, 0) is 62.1 Å². The molecule has 2 N–H and O–H groups in total. The Morgan fingerprint density at radius 1 is 0.970 bits per heavy atom. The Morgan fingerprint density at radius 3 is 2.21 bits per heavy atom. The van der Waals surface area contributed by atoms with Gasteiger partial charge in [0.2, 0.25) is 10.0 Å². The molecule has 4 rings (SSSR count). The highest BCUT2D eigenvalue weighted by atomic mass is 32.2. The molecule has 2 aliphatic heterocycles. The van der Waals surface area contributed by atoms with Crippen molar-refractivity contribution in [2.24, 2.45) is 0 Å². The number of quaternary nitrogens is 1. The largest absolute Gasteiger partial charge is 0.486 e. The maximum atomic E-state index is 13.4. The second-order valence-electron chi connectivity index (χ2n) is 8.83. The van der Waals surface area contributed by atoms with Crippen molar-refractivity contribution in [1.82, 2.24) is 4.31 Å². The van der Waals surface area contributed by atoms with E-state index in [2.05, 4.69) is 5.32 Å². The van der Waals surface area contributed by atoms with Crippen LogP contribution in [0.1, 0.15) is 22.3 Å². The fourth-order valence-electron chi connectivity index (χ4n) is 4.47. The molecule has 9 heteroatoms. The van der Waals surface area contributed by atoms with Crippen LogP contribution in [0, 0.1) is 27.7 Å². The summed E-state index contributed by atoms with van der Waals surface area (Å²) in [6.07, 6.45) is 0. The zero-order valence-electron chi connectivity index (χ0n) is 19.7. The van der Waals surface area contributed by atoms with Gasteiger partial charge >= 0.3 is 0 Å². The fraction of sp³-hybridized carbons (Fsp3) is 0.458. The third kappa shape index (κ3) is 4.85. The zero-order chi connectivity index (χ0) is 23.8. The second kappa shape index (κ2) is 9.32. The van der Waals surface area contributed by atoms with Gasteiger partial charge in [0.25, 0.3) is 5.91 Å². The highest BCUT2D eigenvalue weighted by Crippen LogP contribution is 2.32. The molecule has 0 bridgehead atoms. The van der Waals surface area contributed by atoms with Crippen molar-refractivity contribution in [3.8, 4) is 11.5 Å². The van der Waals surface area contributed by atoms with Crippen LogP contribution in [-0.4, -0.2) is 64.6 Å². The molecule has 8 nitrogen and oxygen atoms in total. The Bertz CT molecular complexity index is 1140. The predicted molar refractivity (Wildman–Crippen MR) is 126 cm³/mol. The number of nitrogens with one attached hydrogen (secondary N) is 2. The Hall–Kier alpha value is -2.62. The first-order valence-corrected chi connectivity index (χ1v) is 12.7. The summed E-state index contributed by atoms with van der Waals surface area (Å²) in [7, 11) is -3.58. The Labute approximate surface area is 195 Å². The van der Waals surface area contributed by atoms with Crippen molar-refractivity contribution < 1.29 is 27.6 Å². The predicted octanol–water partition coefficient (Wildman–Crippen LogP) is 1.22. The average molecular weight is 475 g/mol. The molecular formula is C24H32N3O5S+. The standard InChI is InChI=1S/C24H31N3O5S/c1-16-13-17(2)19(4)24(18(16)3)33(29,30)27-9-7-26(8-10-27)15-23(28)25-20-5-6-21-22(14-20)32-12-11-31-21/h5-6,13-14H,7-12,15H2,1-4H3,(H,25,28)/p+1. The minimum absolute atomic E-state index is 0.112. The van der Waals surface area contributed by atoms with E-state index >= 15 is 0 Å². The fourth-order valence-corrected chi connectivity index (χ4v) is 6.49. The first-order valence-electron chi connectivity index (χ1n) is 11.3. The molecular weight excluding hydrogens is 442 g/mol. The Kier molecular flexibility index (Phi) is 6.65. The van der Waals surface area contributed by atoms with Gasteiger partial charge in [-0.3, -0.25) is 4.79 Å². The number of rotatable bonds is 5. The van der Waals surface area contributed by atoms with Crippen molar-refractivity contribution in [2.75, 3.05) is 51.3 Å². The number of fused-ring (bicyclic) bond motifs is 1. The van der Waals surface area contributed by atoms with Crippen LogP contribution in [0.5, 0.6) is 11.5 Å². The highest BCUT2D eigenvalue weighted by molar-refractivity contribution is 7.89. The second-order valence-corrected chi connectivity index (χ2v) is 10.7. The zero-order valence-corrected chi connectivity index (χ0v) is 20.5. The molecule has 0 aromatic heterocycles. The van der Waals surface area contributed by atoms with Crippen LogP contribution in [0.15, 0.2) is 29.2 Å². The first-order chi connectivity index (χ1) is 15.7. The molecule has 0 spiro atoms. The summed E-state index contributed by atoms with van der Waals surface area (Å²) < 4.78 is 39.5. The summed E-state index contributed by atoms with van der Waals surface area (Å²) in [5.74, 6) is 1.19. The molecule has 33 heavy (non-hydrogen) atoms. The van der Waals surface area contributed by atoms with Gasteiger partial charge in [0, 0.05) is 11.8 Å². The minimum atomic E-state index is -3.58. The number of sulfonamides is 1. The lowest BCUT2D eigenvalue weighted by Crippen LogP contribution is -3.15. The van der Waals surface area contributed by atoms with E-state index in [0.717, 1.165) is 27.2 Å². The van der Waals surface area contributed by atoms with Crippen molar-refractivity contribution in [3.63, 3.8) is 0 Å². The van der Waals surface area contributed by atoms with Gasteiger partial charge in [-0.2, -0.15) is 4.31 Å². The monoisotopic (exact) mass is 474 g/mol. The number of benzene rings is 2. The van der Waals surface area contributed by atoms with E-state index in [4.69, 9.17) is 9.47 Å². The number of nitrogens with zero attached hydrogens (tertiary/aromatic N) is 1. The number of carbonyl (C=O) groups excluding carboxylic acids is 1. The molecule has 1 fully saturated rings. The lowest BCUT2D eigenvalue weighted by molar-refractivity contribution is -0.895. The van der Waals surface area contributed by atoms with Crippen molar-refractivity contribution >= 4 is 21.6 Å². The van der Waals surface area contributed by atoms with Crippen LogP contribution in [-0.2, 0) is 14.8 Å². The molecule has 2 aromatic rings. The maximum absolute atomic E-state index is 13.4.